The number of H-pyrrole nitrogens is 2. The molecule has 6 rings (SSSR count). The number of aromatic nitrogens is 7. The molecular formula is C26H22N10O. The highest BCUT2D eigenvalue weighted by molar-refractivity contribution is 6.06. The van der Waals surface area contributed by atoms with E-state index in [2.05, 4.69) is 46.0 Å². The third-order valence-corrected chi connectivity index (χ3v) is 5.85. The zero-order valence-electron chi connectivity index (χ0n) is 20.0. The predicted octanol–water partition coefficient (Wildman–Crippen LogP) is 4.35. The molecule has 0 fully saturated rings. The Labute approximate surface area is 211 Å². The first-order valence-electron chi connectivity index (χ1n) is 11.5. The minimum atomic E-state index is -0.271. The Balaban J connectivity index is 1.23. The summed E-state index contributed by atoms with van der Waals surface area (Å²) < 4.78 is 0. The first kappa shape index (κ1) is 22.2. The summed E-state index contributed by atoms with van der Waals surface area (Å²) in [7, 11) is 3.72. The van der Waals surface area contributed by atoms with Crippen LogP contribution in [0.3, 0.4) is 0 Å². The van der Waals surface area contributed by atoms with Crippen molar-refractivity contribution < 1.29 is 4.79 Å². The molecule has 4 aromatic heterocycles. The predicted molar refractivity (Wildman–Crippen MR) is 143 cm³/mol. The van der Waals surface area contributed by atoms with Gasteiger partial charge >= 0.3 is 0 Å². The van der Waals surface area contributed by atoms with Crippen LogP contribution in [0.4, 0.5) is 23.0 Å². The van der Waals surface area contributed by atoms with Gasteiger partial charge in [-0.05, 0) is 36.4 Å². The normalized spacial score (nSPS) is 11.1. The van der Waals surface area contributed by atoms with Crippen molar-refractivity contribution in [3.63, 3.8) is 0 Å². The van der Waals surface area contributed by atoms with Gasteiger partial charge in [-0.3, -0.25) is 9.89 Å². The Kier molecular flexibility index (Phi) is 5.41. The van der Waals surface area contributed by atoms with E-state index in [1.165, 1.54) is 6.20 Å². The van der Waals surface area contributed by atoms with Gasteiger partial charge in [-0.15, -0.1) is 5.10 Å². The van der Waals surface area contributed by atoms with E-state index in [1.54, 1.807) is 24.5 Å². The molecule has 37 heavy (non-hydrogen) atoms. The molecule has 0 unspecified atom stereocenters. The summed E-state index contributed by atoms with van der Waals surface area (Å²) in [4.78, 5) is 27.0. The van der Waals surface area contributed by atoms with Crippen molar-refractivity contribution in [1.82, 2.24) is 35.3 Å². The van der Waals surface area contributed by atoms with Crippen LogP contribution >= 0.6 is 0 Å². The number of fused-ring (bicyclic) bond motifs is 2. The van der Waals surface area contributed by atoms with Gasteiger partial charge in [0.05, 0.1) is 23.6 Å². The first-order chi connectivity index (χ1) is 18.0. The van der Waals surface area contributed by atoms with Crippen molar-refractivity contribution in [3.8, 4) is 11.4 Å². The molecule has 2 aromatic carbocycles. The van der Waals surface area contributed by atoms with Crippen molar-refractivity contribution in [2.24, 2.45) is 0 Å². The second-order valence-corrected chi connectivity index (χ2v) is 8.70. The van der Waals surface area contributed by atoms with Crippen LogP contribution in [0.2, 0.25) is 0 Å². The Morgan fingerprint density at radius 3 is 2.73 bits per heavy atom. The summed E-state index contributed by atoms with van der Waals surface area (Å²) in [5, 5.41) is 23.1. The van der Waals surface area contributed by atoms with Crippen molar-refractivity contribution in [1.29, 1.82) is 0 Å². The number of carbonyl (C=O) groups excluding carboxylic acids is 1. The van der Waals surface area contributed by atoms with E-state index >= 15 is 0 Å². The summed E-state index contributed by atoms with van der Waals surface area (Å²) in [5.74, 6) is 1.61. The number of hydrogen-bond donors (Lipinski definition) is 4. The number of nitrogens with zero attached hydrogens (tertiary/aromatic N) is 6. The fourth-order valence-electron chi connectivity index (χ4n) is 3.96. The largest absolute Gasteiger partial charge is 0.361 e. The van der Waals surface area contributed by atoms with Crippen LogP contribution in [0, 0.1) is 0 Å². The molecule has 0 saturated heterocycles. The quantitative estimate of drug-likeness (QED) is 0.270. The van der Waals surface area contributed by atoms with Crippen LogP contribution in [0.15, 0.2) is 73.2 Å². The van der Waals surface area contributed by atoms with Crippen LogP contribution in [-0.2, 0) is 0 Å². The number of nitrogens with one attached hydrogen (secondary N) is 4. The zero-order valence-corrected chi connectivity index (χ0v) is 20.0. The third kappa shape index (κ3) is 4.52. The Morgan fingerprint density at radius 2 is 1.84 bits per heavy atom. The highest BCUT2D eigenvalue weighted by Crippen LogP contribution is 2.25. The Bertz CT molecular complexity index is 1750. The molecule has 0 spiro atoms. The van der Waals surface area contributed by atoms with Crippen LogP contribution in [-0.4, -0.2) is 55.3 Å². The number of benzene rings is 2. The maximum atomic E-state index is 12.9. The molecule has 0 bridgehead atoms. The van der Waals surface area contributed by atoms with Gasteiger partial charge in [0.2, 0.25) is 0 Å². The van der Waals surface area contributed by atoms with E-state index in [0.29, 0.717) is 28.8 Å². The van der Waals surface area contributed by atoms with E-state index in [4.69, 9.17) is 0 Å². The van der Waals surface area contributed by atoms with Gasteiger partial charge in [0.1, 0.15) is 11.5 Å². The van der Waals surface area contributed by atoms with Gasteiger partial charge in [0.15, 0.2) is 11.6 Å². The van der Waals surface area contributed by atoms with Crippen LogP contribution in [0.5, 0.6) is 0 Å². The molecular weight excluding hydrogens is 468 g/mol. The molecule has 11 nitrogen and oxygen atoms in total. The Morgan fingerprint density at radius 1 is 0.919 bits per heavy atom. The maximum Gasteiger partial charge on any atom is 0.272 e. The minimum Gasteiger partial charge on any atom is -0.361 e. The molecule has 0 aliphatic heterocycles. The number of carbonyl (C=O) groups is 1. The fraction of sp³-hybridized carbons (Fsp3) is 0.0769. The highest BCUT2D eigenvalue weighted by Gasteiger charge is 2.13. The number of hydrogen-bond acceptors (Lipinski definition) is 8. The van der Waals surface area contributed by atoms with E-state index in [-0.39, 0.29) is 5.91 Å². The molecule has 1 amide bonds. The molecule has 0 aliphatic rings. The van der Waals surface area contributed by atoms with E-state index in [0.717, 1.165) is 33.1 Å². The smallest absolute Gasteiger partial charge is 0.272 e. The summed E-state index contributed by atoms with van der Waals surface area (Å²) in [6.07, 6.45) is 5.00. The molecule has 0 atom stereocenters. The first-order valence-corrected chi connectivity index (χ1v) is 11.5. The summed E-state index contributed by atoms with van der Waals surface area (Å²) in [6.45, 7) is 0. The highest BCUT2D eigenvalue weighted by atomic mass is 16.1. The fourth-order valence-corrected chi connectivity index (χ4v) is 3.96. The molecule has 4 heterocycles. The molecule has 0 radical (unpaired) electrons. The van der Waals surface area contributed by atoms with Crippen molar-refractivity contribution in [3.05, 3.63) is 78.9 Å². The summed E-state index contributed by atoms with van der Waals surface area (Å²) in [6, 6.07) is 17.1. The lowest BCUT2D eigenvalue weighted by atomic mass is 10.1. The average Bonchev–Trinajstić information content (AvgIpc) is 3.55. The Hall–Kier alpha value is -5.32. The van der Waals surface area contributed by atoms with Crippen molar-refractivity contribution in [2.45, 2.75) is 0 Å². The molecule has 6 aromatic rings. The molecule has 4 N–H and O–H groups in total. The lowest BCUT2D eigenvalue weighted by Crippen LogP contribution is -2.15. The zero-order chi connectivity index (χ0) is 25.4. The SMILES string of the molecule is CN(C)c1cc(NC(=O)c2cc3ccc(-c4nccc(Nc5ccc6[nH]ncc6c5)n4)cc3[nH]2)cnn1. The number of amides is 1. The number of aromatic amines is 2. The standard InChI is InChI=1S/C26H22N10O/c1-36(2)24-12-19(14-29-35-24)31-26(37)22-10-15-3-4-16(11-21(15)32-22)25-27-8-7-23(33-25)30-18-5-6-20-17(9-18)13-28-34-20/h3-14,32H,1-2H3,(H,28,34)(H,27,30,33)(H,31,35,37). The maximum absolute atomic E-state index is 12.9. The van der Waals surface area contributed by atoms with Gasteiger partial charge in [-0.2, -0.15) is 10.2 Å². The number of anilines is 4. The van der Waals surface area contributed by atoms with Gasteiger partial charge < -0.3 is 20.5 Å². The summed E-state index contributed by atoms with van der Waals surface area (Å²) in [5.41, 5.74) is 4.49. The second kappa shape index (κ2) is 9.04. The van der Waals surface area contributed by atoms with Crippen LogP contribution < -0.4 is 15.5 Å². The van der Waals surface area contributed by atoms with E-state index in [9.17, 15) is 4.79 Å². The molecule has 11 heteroatoms. The molecule has 182 valence electrons. The van der Waals surface area contributed by atoms with Gasteiger partial charge in [0.25, 0.3) is 5.91 Å². The minimum absolute atomic E-state index is 0.271. The van der Waals surface area contributed by atoms with Crippen molar-refractivity contribution >= 4 is 50.7 Å². The average molecular weight is 491 g/mol. The van der Waals surface area contributed by atoms with Gasteiger partial charge in [-0.1, -0.05) is 12.1 Å². The van der Waals surface area contributed by atoms with Gasteiger partial charge in [-0.25, -0.2) is 9.97 Å². The van der Waals surface area contributed by atoms with E-state index < -0.39 is 0 Å². The molecule has 0 saturated carbocycles. The number of rotatable bonds is 6. The van der Waals surface area contributed by atoms with Crippen LogP contribution in [0.25, 0.3) is 33.2 Å². The summed E-state index contributed by atoms with van der Waals surface area (Å²) >= 11 is 0. The third-order valence-electron chi connectivity index (χ3n) is 5.85. The van der Waals surface area contributed by atoms with Crippen LogP contribution in [0.1, 0.15) is 10.5 Å². The van der Waals surface area contributed by atoms with Crippen molar-refractivity contribution in [2.75, 3.05) is 29.6 Å². The molecule has 0 aliphatic carbocycles. The topological polar surface area (TPSA) is 140 Å². The second-order valence-electron chi connectivity index (χ2n) is 8.70. The van der Waals surface area contributed by atoms with Gasteiger partial charge in [0, 0.05) is 53.9 Å². The van der Waals surface area contributed by atoms with E-state index in [1.807, 2.05) is 61.5 Å². The lowest BCUT2D eigenvalue weighted by molar-refractivity contribution is 0.102. The monoisotopic (exact) mass is 490 g/mol. The lowest BCUT2D eigenvalue weighted by Gasteiger charge is -2.11.